The average Bonchev–Trinajstić information content (AvgIpc) is 2.59. The van der Waals surface area contributed by atoms with E-state index >= 15 is 0 Å². The minimum absolute atomic E-state index is 0.190. The zero-order chi connectivity index (χ0) is 17.8. The Morgan fingerprint density at radius 2 is 1.60 bits per heavy atom. The minimum Gasteiger partial charge on any atom is -0.452 e. The lowest BCUT2D eigenvalue weighted by atomic mass is 10.1. The number of ether oxygens (including phenoxy) is 1. The van der Waals surface area contributed by atoms with E-state index in [0.717, 1.165) is 10.8 Å². The van der Waals surface area contributed by atoms with Gasteiger partial charge in [-0.05, 0) is 29.7 Å². The summed E-state index contributed by atoms with van der Waals surface area (Å²) in [5, 5.41) is 5.30. The Kier molecular flexibility index (Phi) is 5.22. The highest BCUT2D eigenvalue weighted by Gasteiger charge is 2.12. The molecule has 0 saturated carbocycles. The first-order chi connectivity index (χ1) is 12.0. The van der Waals surface area contributed by atoms with Gasteiger partial charge < -0.3 is 10.1 Å². The summed E-state index contributed by atoms with van der Waals surface area (Å²) in [5.74, 6) is -1.10. The zero-order valence-electron chi connectivity index (χ0n) is 13.0. The molecule has 0 aromatic heterocycles. The van der Waals surface area contributed by atoms with Crippen molar-refractivity contribution in [3.8, 4) is 0 Å². The molecule has 4 nitrogen and oxygen atoms in total. The lowest BCUT2D eigenvalue weighted by Crippen LogP contribution is -2.21. The number of carbonyl (C=O) groups is 2. The molecule has 126 valence electrons. The third-order valence-electron chi connectivity index (χ3n) is 3.50. The van der Waals surface area contributed by atoms with E-state index in [1.165, 1.54) is 18.2 Å². The summed E-state index contributed by atoms with van der Waals surface area (Å²) < 4.78 is 5.02. The Morgan fingerprint density at radius 3 is 2.36 bits per heavy atom. The number of carbonyl (C=O) groups excluding carboxylic acids is 2. The van der Waals surface area contributed by atoms with Crippen molar-refractivity contribution in [3.63, 3.8) is 0 Å². The van der Waals surface area contributed by atoms with Gasteiger partial charge >= 0.3 is 5.97 Å². The van der Waals surface area contributed by atoms with Crippen LogP contribution in [-0.2, 0) is 9.53 Å². The second kappa shape index (κ2) is 7.55. The molecule has 6 heteroatoms. The Balaban J connectivity index is 1.65. The first kappa shape index (κ1) is 17.3. The van der Waals surface area contributed by atoms with Crippen LogP contribution in [0.15, 0.2) is 60.7 Å². The van der Waals surface area contributed by atoms with E-state index < -0.39 is 18.5 Å². The third-order valence-corrected chi connectivity index (χ3v) is 3.93. The van der Waals surface area contributed by atoms with Crippen LogP contribution in [0.3, 0.4) is 0 Å². The molecule has 0 radical (unpaired) electrons. The van der Waals surface area contributed by atoms with Gasteiger partial charge in [-0.1, -0.05) is 59.6 Å². The monoisotopic (exact) mass is 373 g/mol. The fourth-order valence-electron chi connectivity index (χ4n) is 2.41. The molecule has 0 fully saturated rings. The van der Waals surface area contributed by atoms with E-state index in [1.54, 1.807) is 6.07 Å². The molecule has 0 unspecified atom stereocenters. The van der Waals surface area contributed by atoms with Gasteiger partial charge in [0.15, 0.2) is 6.61 Å². The number of halogens is 2. The van der Waals surface area contributed by atoms with Crippen molar-refractivity contribution in [2.45, 2.75) is 0 Å². The molecular weight excluding hydrogens is 361 g/mol. The molecule has 0 heterocycles. The van der Waals surface area contributed by atoms with Crippen LogP contribution in [0.5, 0.6) is 0 Å². The largest absolute Gasteiger partial charge is 0.452 e. The summed E-state index contributed by atoms with van der Waals surface area (Å²) in [7, 11) is 0. The SMILES string of the molecule is O=C(COC(=O)c1cc(Cl)cc(Cl)c1)Nc1cccc2ccccc12. The van der Waals surface area contributed by atoms with Gasteiger partial charge in [0, 0.05) is 21.1 Å². The van der Waals surface area contributed by atoms with Gasteiger partial charge in [0.1, 0.15) is 0 Å². The Labute approximate surface area is 154 Å². The second-order valence-corrected chi connectivity index (χ2v) is 6.18. The van der Waals surface area contributed by atoms with Gasteiger partial charge in [-0.25, -0.2) is 4.79 Å². The first-order valence-electron chi connectivity index (χ1n) is 7.44. The predicted octanol–water partition coefficient (Wildman–Crippen LogP) is 4.94. The fourth-order valence-corrected chi connectivity index (χ4v) is 2.93. The Hall–Kier alpha value is -2.56. The molecule has 3 rings (SSSR count). The van der Waals surface area contributed by atoms with E-state index in [1.807, 2.05) is 36.4 Å². The zero-order valence-corrected chi connectivity index (χ0v) is 14.5. The third kappa shape index (κ3) is 4.29. The van der Waals surface area contributed by atoms with E-state index in [-0.39, 0.29) is 5.56 Å². The van der Waals surface area contributed by atoms with E-state index in [0.29, 0.717) is 15.7 Å². The summed E-state index contributed by atoms with van der Waals surface area (Å²) in [6.07, 6.45) is 0. The van der Waals surface area contributed by atoms with Gasteiger partial charge in [0.2, 0.25) is 0 Å². The molecule has 0 atom stereocenters. The van der Waals surface area contributed by atoms with Crippen molar-refractivity contribution in [3.05, 3.63) is 76.3 Å². The van der Waals surface area contributed by atoms with E-state index in [2.05, 4.69) is 5.32 Å². The molecular formula is C19H13Cl2NO3. The van der Waals surface area contributed by atoms with Crippen LogP contribution in [0.2, 0.25) is 10.0 Å². The standard InChI is InChI=1S/C19H13Cl2NO3/c20-14-8-13(9-15(21)10-14)19(24)25-11-18(23)22-17-7-3-5-12-4-1-2-6-16(12)17/h1-10H,11H2,(H,22,23). The number of hydrogen-bond donors (Lipinski definition) is 1. The van der Waals surface area contributed by atoms with Crippen LogP contribution < -0.4 is 5.32 Å². The molecule has 3 aromatic rings. The number of anilines is 1. The normalized spacial score (nSPS) is 10.5. The number of esters is 1. The van der Waals surface area contributed by atoms with Crippen LogP contribution in [0.4, 0.5) is 5.69 Å². The van der Waals surface area contributed by atoms with Crippen molar-refractivity contribution < 1.29 is 14.3 Å². The number of fused-ring (bicyclic) bond motifs is 1. The number of nitrogens with one attached hydrogen (secondary N) is 1. The van der Waals surface area contributed by atoms with Crippen LogP contribution in [0.25, 0.3) is 10.8 Å². The second-order valence-electron chi connectivity index (χ2n) is 5.31. The quantitative estimate of drug-likeness (QED) is 0.658. The summed E-state index contributed by atoms with van der Waals surface area (Å²) in [5.41, 5.74) is 0.848. The molecule has 0 aliphatic rings. The van der Waals surface area contributed by atoms with E-state index in [9.17, 15) is 9.59 Å². The molecule has 1 N–H and O–H groups in total. The van der Waals surface area contributed by atoms with Gasteiger partial charge in [-0.3, -0.25) is 4.79 Å². The highest BCUT2D eigenvalue weighted by molar-refractivity contribution is 6.35. The molecule has 3 aromatic carbocycles. The van der Waals surface area contributed by atoms with Gasteiger partial charge in [0.25, 0.3) is 5.91 Å². The lowest BCUT2D eigenvalue weighted by Gasteiger charge is -2.09. The van der Waals surface area contributed by atoms with Crippen LogP contribution >= 0.6 is 23.2 Å². The molecule has 0 spiro atoms. The molecule has 25 heavy (non-hydrogen) atoms. The average molecular weight is 374 g/mol. The maximum absolute atomic E-state index is 12.1. The number of rotatable bonds is 4. The van der Waals surface area contributed by atoms with Crippen molar-refractivity contribution >= 4 is 51.5 Å². The maximum atomic E-state index is 12.1. The molecule has 0 aliphatic carbocycles. The Morgan fingerprint density at radius 1 is 0.920 bits per heavy atom. The molecule has 0 bridgehead atoms. The summed E-state index contributed by atoms with van der Waals surface area (Å²) >= 11 is 11.7. The predicted molar refractivity (Wildman–Crippen MR) is 99.3 cm³/mol. The lowest BCUT2D eigenvalue weighted by molar-refractivity contribution is -0.119. The summed E-state index contributed by atoms with van der Waals surface area (Å²) in [4.78, 5) is 24.1. The van der Waals surface area contributed by atoms with Gasteiger partial charge in [0.05, 0.1) is 5.56 Å². The van der Waals surface area contributed by atoms with Crippen molar-refractivity contribution in [1.82, 2.24) is 0 Å². The van der Waals surface area contributed by atoms with Crippen LogP contribution in [0.1, 0.15) is 10.4 Å². The highest BCUT2D eigenvalue weighted by Crippen LogP contribution is 2.23. The minimum atomic E-state index is -0.669. The van der Waals surface area contributed by atoms with E-state index in [4.69, 9.17) is 27.9 Å². The van der Waals surface area contributed by atoms with Crippen molar-refractivity contribution in [2.24, 2.45) is 0 Å². The fraction of sp³-hybridized carbons (Fsp3) is 0.0526. The van der Waals surface area contributed by atoms with Gasteiger partial charge in [-0.2, -0.15) is 0 Å². The maximum Gasteiger partial charge on any atom is 0.338 e. The summed E-state index contributed by atoms with van der Waals surface area (Å²) in [6.45, 7) is -0.411. The molecule has 0 aliphatic heterocycles. The first-order valence-corrected chi connectivity index (χ1v) is 8.19. The molecule has 1 amide bonds. The number of amides is 1. The van der Waals surface area contributed by atoms with Crippen LogP contribution in [0, 0.1) is 0 Å². The molecule has 0 saturated heterocycles. The number of benzene rings is 3. The van der Waals surface area contributed by atoms with Crippen molar-refractivity contribution in [2.75, 3.05) is 11.9 Å². The summed E-state index contributed by atoms with van der Waals surface area (Å²) in [6, 6.07) is 17.6. The van der Waals surface area contributed by atoms with Gasteiger partial charge in [-0.15, -0.1) is 0 Å². The Bertz CT molecular complexity index is 931. The van der Waals surface area contributed by atoms with Crippen molar-refractivity contribution in [1.29, 1.82) is 0 Å². The smallest absolute Gasteiger partial charge is 0.338 e. The topological polar surface area (TPSA) is 55.4 Å². The highest BCUT2D eigenvalue weighted by atomic mass is 35.5. The number of hydrogen-bond acceptors (Lipinski definition) is 3. The van der Waals surface area contributed by atoms with Crippen LogP contribution in [-0.4, -0.2) is 18.5 Å².